The third kappa shape index (κ3) is 10.2. The minimum Gasteiger partial charge on any atom is -0.480 e. The Kier molecular flexibility index (Phi) is 9.62. The predicted octanol–water partition coefficient (Wildman–Crippen LogP) is 1.37. The summed E-state index contributed by atoms with van der Waals surface area (Å²) >= 11 is 8.49. The fourth-order valence-electron chi connectivity index (χ4n) is 1.22. The molecule has 0 bridgehead atoms. The summed E-state index contributed by atoms with van der Waals surface area (Å²) in [6.07, 6.45) is 4.03. The van der Waals surface area contributed by atoms with E-state index in [4.69, 9.17) is 5.11 Å². The van der Waals surface area contributed by atoms with Crippen molar-refractivity contribution in [2.75, 3.05) is 12.3 Å². The lowest BCUT2D eigenvalue weighted by atomic mass is 10.1. The Morgan fingerprint density at radius 1 is 1.25 bits per heavy atom. The molecule has 94 valence electrons. The molecule has 1 amide bonds. The number of nitrogens with one attached hydrogen (secondary N) is 1. The number of carboxylic acids is 1. The van der Waals surface area contributed by atoms with Crippen LogP contribution in [0.1, 0.15) is 32.1 Å². The Morgan fingerprint density at radius 2 is 1.94 bits per heavy atom. The quantitative estimate of drug-likeness (QED) is 0.376. The number of aliphatic carboxylic acids is 1. The Bertz CT molecular complexity index is 224. The molecule has 6 heteroatoms. The first-order valence-corrected chi connectivity index (χ1v) is 6.48. The molecule has 0 fully saturated rings. The number of carbonyl (C=O) groups is 2. The van der Waals surface area contributed by atoms with Crippen molar-refractivity contribution in [2.45, 2.75) is 37.4 Å². The first-order chi connectivity index (χ1) is 7.56. The second kappa shape index (κ2) is 9.84. The predicted molar refractivity (Wildman–Crippen MR) is 70.4 cm³/mol. The van der Waals surface area contributed by atoms with Gasteiger partial charge in [0.05, 0.1) is 0 Å². The van der Waals surface area contributed by atoms with E-state index >= 15 is 0 Å². The topological polar surface area (TPSA) is 66.4 Å². The molecule has 0 radical (unpaired) electrons. The summed E-state index contributed by atoms with van der Waals surface area (Å²) in [5.74, 6) is -0.391. The Hall–Kier alpha value is -0.360. The van der Waals surface area contributed by atoms with E-state index < -0.39 is 5.97 Å². The summed E-state index contributed by atoms with van der Waals surface area (Å²) in [5.41, 5.74) is 0. The Labute approximate surface area is 107 Å². The summed E-state index contributed by atoms with van der Waals surface area (Å²) in [5, 5.41) is 11.0. The highest BCUT2D eigenvalue weighted by Gasteiger charge is 2.05. The fourth-order valence-corrected chi connectivity index (χ4v) is 2.05. The van der Waals surface area contributed by atoms with Crippen LogP contribution in [0.2, 0.25) is 0 Å². The number of unbranched alkanes of at least 4 members (excludes halogenated alkanes) is 1. The number of carboxylic acid groups (broad SMARTS) is 1. The normalized spacial score (nSPS) is 12.1. The van der Waals surface area contributed by atoms with Crippen molar-refractivity contribution in [1.29, 1.82) is 0 Å². The maximum absolute atomic E-state index is 11.1. The molecule has 1 atom stereocenters. The van der Waals surface area contributed by atoms with Crippen molar-refractivity contribution < 1.29 is 14.7 Å². The van der Waals surface area contributed by atoms with Gasteiger partial charge in [0.15, 0.2) is 0 Å². The van der Waals surface area contributed by atoms with Crippen molar-refractivity contribution in [3.8, 4) is 0 Å². The molecule has 2 N–H and O–H groups in total. The molecule has 0 aromatic rings. The van der Waals surface area contributed by atoms with Gasteiger partial charge in [-0.05, 0) is 25.0 Å². The summed E-state index contributed by atoms with van der Waals surface area (Å²) < 4.78 is 0. The van der Waals surface area contributed by atoms with Crippen LogP contribution >= 0.6 is 25.3 Å². The monoisotopic (exact) mass is 265 g/mol. The lowest BCUT2D eigenvalue weighted by Gasteiger charge is -2.08. The minimum absolute atomic E-state index is 0.202. The molecule has 1 unspecified atom stereocenters. The van der Waals surface area contributed by atoms with E-state index in [1.807, 2.05) is 0 Å². The van der Waals surface area contributed by atoms with Crippen LogP contribution in [0.5, 0.6) is 0 Å². The van der Waals surface area contributed by atoms with E-state index in [-0.39, 0.29) is 12.5 Å². The maximum atomic E-state index is 11.1. The highest BCUT2D eigenvalue weighted by atomic mass is 32.1. The molecule has 0 saturated carbocycles. The second-order valence-corrected chi connectivity index (χ2v) is 4.76. The Balaban J connectivity index is 3.37. The molecule has 0 aromatic carbocycles. The molecule has 4 nitrogen and oxygen atoms in total. The third-order valence-electron chi connectivity index (χ3n) is 2.09. The van der Waals surface area contributed by atoms with Crippen molar-refractivity contribution in [1.82, 2.24) is 5.32 Å². The summed E-state index contributed by atoms with van der Waals surface area (Å²) in [4.78, 5) is 21.3. The standard InChI is InChI=1S/C10H19NO3S2/c12-9(11-7-10(13)14)4-2-1-3-8(16)5-6-15/h8,15-16H,1-7H2,(H,11,12)(H,13,14). The van der Waals surface area contributed by atoms with Crippen LogP contribution in [-0.2, 0) is 9.59 Å². The molecule has 16 heavy (non-hydrogen) atoms. The fraction of sp³-hybridized carbons (Fsp3) is 0.800. The van der Waals surface area contributed by atoms with Gasteiger partial charge in [-0.3, -0.25) is 9.59 Å². The molecule has 0 aliphatic rings. The largest absolute Gasteiger partial charge is 0.480 e. The van der Waals surface area contributed by atoms with Crippen molar-refractivity contribution in [3.05, 3.63) is 0 Å². The van der Waals surface area contributed by atoms with Crippen LogP contribution in [0, 0.1) is 0 Å². The van der Waals surface area contributed by atoms with E-state index in [1.165, 1.54) is 0 Å². The third-order valence-corrected chi connectivity index (χ3v) is 2.86. The summed E-state index contributed by atoms with van der Waals surface area (Å²) in [6, 6.07) is 0. The molecular formula is C10H19NO3S2. The SMILES string of the molecule is O=C(O)CNC(=O)CCCCC(S)CCS. The molecule has 0 saturated heterocycles. The lowest BCUT2D eigenvalue weighted by molar-refractivity contribution is -0.137. The van der Waals surface area contributed by atoms with Gasteiger partial charge >= 0.3 is 5.97 Å². The minimum atomic E-state index is -1.02. The molecule has 0 heterocycles. The van der Waals surface area contributed by atoms with Crippen LogP contribution in [0.3, 0.4) is 0 Å². The van der Waals surface area contributed by atoms with Gasteiger partial charge in [0.25, 0.3) is 0 Å². The number of hydrogen-bond acceptors (Lipinski definition) is 4. The number of rotatable bonds is 9. The van der Waals surface area contributed by atoms with Crippen LogP contribution in [-0.4, -0.2) is 34.5 Å². The maximum Gasteiger partial charge on any atom is 0.322 e. The molecule has 0 rings (SSSR count). The van der Waals surface area contributed by atoms with E-state index in [0.717, 1.165) is 31.4 Å². The smallest absolute Gasteiger partial charge is 0.322 e. The molecular weight excluding hydrogens is 246 g/mol. The zero-order chi connectivity index (χ0) is 12.4. The van der Waals surface area contributed by atoms with Gasteiger partial charge in [-0.15, -0.1) is 0 Å². The van der Waals surface area contributed by atoms with E-state index in [1.54, 1.807) is 0 Å². The van der Waals surface area contributed by atoms with E-state index in [2.05, 4.69) is 30.6 Å². The second-order valence-electron chi connectivity index (χ2n) is 3.58. The van der Waals surface area contributed by atoms with Crippen molar-refractivity contribution >= 4 is 37.1 Å². The molecule has 0 aliphatic heterocycles. The lowest BCUT2D eigenvalue weighted by Crippen LogP contribution is -2.28. The molecule has 0 spiro atoms. The molecule has 0 aliphatic carbocycles. The Morgan fingerprint density at radius 3 is 2.50 bits per heavy atom. The number of thiol groups is 2. The first kappa shape index (κ1) is 15.6. The van der Waals surface area contributed by atoms with Gasteiger partial charge in [-0.1, -0.05) is 6.42 Å². The first-order valence-electron chi connectivity index (χ1n) is 5.33. The van der Waals surface area contributed by atoms with Crippen molar-refractivity contribution in [3.63, 3.8) is 0 Å². The summed E-state index contributed by atoms with van der Waals surface area (Å²) in [6.45, 7) is -0.298. The van der Waals surface area contributed by atoms with Crippen LogP contribution < -0.4 is 5.32 Å². The number of carbonyl (C=O) groups excluding carboxylic acids is 1. The highest BCUT2D eigenvalue weighted by Crippen LogP contribution is 2.12. The average Bonchev–Trinajstić information content (AvgIpc) is 2.22. The van der Waals surface area contributed by atoms with Gasteiger partial charge in [-0.25, -0.2) is 0 Å². The zero-order valence-electron chi connectivity index (χ0n) is 9.19. The van der Waals surface area contributed by atoms with Gasteiger partial charge in [0.2, 0.25) is 5.91 Å². The highest BCUT2D eigenvalue weighted by molar-refractivity contribution is 7.81. The van der Waals surface area contributed by atoms with Crippen LogP contribution in [0.15, 0.2) is 0 Å². The zero-order valence-corrected chi connectivity index (χ0v) is 11.0. The van der Waals surface area contributed by atoms with Gasteiger partial charge in [0, 0.05) is 11.7 Å². The van der Waals surface area contributed by atoms with Crippen LogP contribution in [0.4, 0.5) is 0 Å². The van der Waals surface area contributed by atoms with E-state index in [0.29, 0.717) is 11.7 Å². The van der Waals surface area contributed by atoms with Gasteiger partial charge in [0.1, 0.15) is 6.54 Å². The van der Waals surface area contributed by atoms with Gasteiger partial charge in [-0.2, -0.15) is 25.3 Å². The molecule has 0 aromatic heterocycles. The van der Waals surface area contributed by atoms with Gasteiger partial charge < -0.3 is 10.4 Å². The van der Waals surface area contributed by atoms with Crippen molar-refractivity contribution in [2.24, 2.45) is 0 Å². The summed E-state index contributed by atoms with van der Waals surface area (Å²) in [7, 11) is 0. The van der Waals surface area contributed by atoms with Crippen LogP contribution in [0.25, 0.3) is 0 Å². The average molecular weight is 265 g/mol. The number of amides is 1. The number of hydrogen-bond donors (Lipinski definition) is 4. The van der Waals surface area contributed by atoms with E-state index in [9.17, 15) is 9.59 Å².